The Labute approximate surface area is 118 Å². The summed E-state index contributed by atoms with van der Waals surface area (Å²) in [6, 6.07) is 4.45. The Morgan fingerprint density at radius 3 is 1.89 bits per heavy atom. The molecule has 106 valence electrons. The summed E-state index contributed by atoms with van der Waals surface area (Å²) in [7, 11) is 0. The Balaban J connectivity index is 3.20. The first-order valence-corrected chi connectivity index (χ1v) is 7.75. The first kappa shape index (κ1) is 15.9. The van der Waals surface area contributed by atoms with Crippen molar-refractivity contribution in [1.82, 2.24) is 0 Å². The largest absolute Gasteiger partial charge is 0.294 e. The fourth-order valence-electron chi connectivity index (χ4n) is 2.52. The van der Waals surface area contributed by atoms with Gasteiger partial charge in [-0.25, -0.2) is 0 Å². The van der Waals surface area contributed by atoms with Crippen molar-refractivity contribution in [2.45, 2.75) is 66.7 Å². The van der Waals surface area contributed by atoms with Crippen LogP contribution in [0.2, 0.25) is 0 Å². The van der Waals surface area contributed by atoms with Gasteiger partial charge >= 0.3 is 0 Å². The Hall–Kier alpha value is -1.11. The van der Waals surface area contributed by atoms with E-state index < -0.39 is 0 Å². The van der Waals surface area contributed by atoms with Crippen molar-refractivity contribution in [3.05, 3.63) is 34.4 Å². The van der Waals surface area contributed by atoms with Gasteiger partial charge < -0.3 is 0 Å². The summed E-state index contributed by atoms with van der Waals surface area (Å²) in [5.74, 6) is 0.818. The first-order chi connectivity index (χ1) is 9.07. The molecule has 0 amide bonds. The van der Waals surface area contributed by atoms with Crippen LogP contribution in [0.15, 0.2) is 12.1 Å². The standard InChI is InChI=1S/C18H28O/c1-6-13(5)10-17(19)18-15(8-3)11-14(7-2)12-16(18)9-4/h11-13H,6-10H2,1-5H3. The summed E-state index contributed by atoms with van der Waals surface area (Å²) < 4.78 is 0. The molecule has 0 fully saturated rings. The highest BCUT2D eigenvalue weighted by atomic mass is 16.1. The van der Waals surface area contributed by atoms with E-state index in [1.165, 1.54) is 16.7 Å². The molecule has 0 radical (unpaired) electrons. The average molecular weight is 260 g/mol. The molecule has 0 aromatic heterocycles. The van der Waals surface area contributed by atoms with Gasteiger partial charge in [-0.15, -0.1) is 0 Å². The molecule has 0 aliphatic heterocycles. The minimum absolute atomic E-state index is 0.339. The van der Waals surface area contributed by atoms with Crippen molar-refractivity contribution in [1.29, 1.82) is 0 Å². The third-order valence-electron chi connectivity index (χ3n) is 4.04. The van der Waals surface area contributed by atoms with Crippen LogP contribution in [-0.4, -0.2) is 5.78 Å². The highest BCUT2D eigenvalue weighted by Gasteiger charge is 2.17. The molecule has 0 bridgehead atoms. The third-order valence-corrected chi connectivity index (χ3v) is 4.04. The molecule has 0 N–H and O–H groups in total. The molecule has 1 heteroatoms. The van der Waals surface area contributed by atoms with E-state index in [1.807, 2.05) is 0 Å². The van der Waals surface area contributed by atoms with Gasteiger partial charge in [-0.05, 0) is 41.9 Å². The van der Waals surface area contributed by atoms with Crippen LogP contribution in [0.1, 0.15) is 74.5 Å². The predicted octanol–water partition coefficient (Wildman–Crippen LogP) is 4.99. The molecule has 0 saturated carbocycles. The van der Waals surface area contributed by atoms with Gasteiger partial charge in [0.15, 0.2) is 5.78 Å². The van der Waals surface area contributed by atoms with Crippen molar-refractivity contribution < 1.29 is 4.79 Å². The lowest BCUT2D eigenvalue weighted by atomic mass is 9.88. The number of rotatable bonds is 7. The summed E-state index contributed by atoms with van der Waals surface area (Å²) in [4.78, 5) is 12.6. The van der Waals surface area contributed by atoms with Crippen LogP contribution in [0.3, 0.4) is 0 Å². The fourth-order valence-corrected chi connectivity index (χ4v) is 2.52. The van der Waals surface area contributed by atoms with Crippen molar-refractivity contribution in [2.75, 3.05) is 0 Å². The summed E-state index contributed by atoms with van der Waals surface area (Å²) >= 11 is 0. The maximum atomic E-state index is 12.6. The second kappa shape index (κ2) is 7.47. The number of hydrogen-bond acceptors (Lipinski definition) is 1. The van der Waals surface area contributed by atoms with Crippen molar-refractivity contribution in [2.24, 2.45) is 5.92 Å². The second-order valence-corrected chi connectivity index (χ2v) is 5.49. The molecular weight excluding hydrogens is 232 g/mol. The number of hydrogen-bond donors (Lipinski definition) is 0. The van der Waals surface area contributed by atoms with E-state index in [2.05, 4.69) is 46.8 Å². The topological polar surface area (TPSA) is 17.1 Å². The monoisotopic (exact) mass is 260 g/mol. The van der Waals surface area contributed by atoms with E-state index >= 15 is 0 Å². The van der Waals surface area contributed by atoms with Gasteiger partial charge in [-0.2, -0.15) is 0 Å². The maximum Gasteiger partial charge on any atom is 0.163 e. The molecule has 1 nitrogen and oxygen atoms in total. The van der Waals surface area contributed by atoms with Crippen LogP contribution in [0.4, 0.5) is 0 Å². The molecule has 0 heterocycles. The lowest BCUT2D eigenvalue weighted by molar-refractivity contribution is 0.0962. The third kappa shape index (κ3) is 3.92. The zero-order valence-corrected chi connectivity index (χ0v) is 13.2. The number of aryl methyl sites for hydroxylation is 3. The van der Waals surface area contributed by atoms with Crippen LogP contribution in [0, 0.1) is 5.92 Å². The minimum atomic E-state index is 0.339. The summed E-state index contributed by atoms with van der Waals surface area (Å²) in [6.07, 6.45) is 4.69. The molecule has 1 aromatic rings. The summed E-state index contributed by atoms with van der Waals surface area (Å²) in [5.41, 5.74) is 4.85. The minimum Gasteiger partial charge on any atom is -0.294 e. The van der Waals surface area contributed by atoms with Crippen LogP contribution >= 0.6 is 0 Å². The molecule has 1 aromatic carbocycles. The highest BCUT2D eigenvalue weighted by molar-refractivity contribution is 5.99. The Morgan fingerprint density at radius 1 is 1.00 bits per heavy atom. The second-order valence-electron chi connectivity index (χ2n) is 5.49. The molecule has 0 aliphatic rings. The smallest absolute Gasteiger partial charge is 0.163 e. The van der Waals surface area contributed by atoms with Crippen LogP contribution in [0.25, 0.3) is 0 Å². The van der Waals surface area contributed by atoms with Gasteiger partial charge in [0.05, 0.1) is 0 Å². The van der Waals surface area contributed by atoms with Gasteiger partial charge in [0.2, 0.25) is 0 Å². The van der Waals surface area contributed by atoms with Crippen LogP contribution in [-0.2, 0) is 19.3 Å². The zero-order valence-electron chi connectivity index (χ0n) is 13.2. The summed E-state index contributed by atoms with van der Waals surface area (Å²) in [5, 5.41) is 0. The van der Waals surface area contributed by atoms with Gasteiger partial charge in [0, 0.05) is 12.0 Å². The van der Waals surface area contributed by atoms with Crippen molar-refractivity contribution in [3.63, 3.8) is 0 Å². The Kier molecular flexibility index (Phi) is 6.27. The maximum absolute atomic E-state index is 12.6. The number of carbonyl (C=O) groups excluding carboxylic acids is 1. The van der Waals surface area contributed by atoms with Gasteiger partial charge in [0.1, 0.15) is 0 Å². The normalized spacial score (nSPS) is 12.5. The number of Topliss-reactive ketones (excluding diaryl/α,β-unsaturated/α-hetero) is 1. The number of ketones is 1. The lowest BCUT2D eigenvalue weighted by Crippen LogP contribution is -2.12. The van der Waals surface area contributed by atoms with Gasteiger partial charge in [-0.3, -0.25) is 4.79 Å². The predicted molar refractivity (Wildman–Crippen MR) is 83.0 cm³/mol. The molecule has 0 aliphatic carbocycles. The molecule has 19 heavy (non-hydrogen) atoms. The lowest BCUT2D eigenvalue weighted by Gasteiger charge is -2.16. The van der Waals surface area contributed by atoms with E-state index in [0.717, 1.165) is 31.2 Å². The van der Waals surface area contributed by atoms with Crippen molar-refractivity contribution >= 4 is 5.78 Å². The first-order valence-electron chi connectivity index (χ1n) is 7.75. The fraction of sp³-hybridized carbons (Fsp3) is 0.611. The molecule has 1 unspecified atom stereocenters. The Morgan fingerprint density at radius 2 is 1.53 bits per heavy atom. The zero-order chi connectivity index (χ0) is 14.4. The van der Waals surface area contributed by atoms with E-state index in [9.17, 15) is 4.79 Å². The molecule has 0 spiro atoms. The number of carbonyl (C=O) groups is 1. The Bertz CT molecular complexity index is 406. The summed E-state index contributed by atoms with van der Waals surface area (Å²) in [6.45, 7) is 10.8. The van der Waals surface area contributed by atoms with E-state index in [-0.39, 0.29) is 0 Å². The molecular formula is C18H28O. The average Bonchev–Trinajstić information content (AvgIpc) is 2.44. The van der Waals surface area contributed by atoms with Crippen LogP contribution < -0.4 is 0 Å². The molecule has 1 rings (SSSR count). The van der Waals surface area contributed by atoms with E-state index in [0.29, 0.717) is 18.1 Å². The van der Waals surface area contributed by atoms with Crippen LogP contribution in [0.5, 0.6) is 0 Å². The quantitative estimate of drug-likeness (QED) is 0.631. The van der Waals surface area contributed by atoms with E-state index in [1.54, 1.807) is 0 Å². The SMILES string of the molecule is CCc1cc(CC)c(C(=O)CC(C)CC)c(CC)c1. The van der Waals surface area contributed by atoms with Crippen molar-refractivity contribution in [3.8, 4) is 0 Å². The molecule has 1 atom stereocenters. The number of benzene rings is 1. The highest BCUT2D eigenvalue weighted by Crippen LogP contribution is 2.23. The molecule has 0 saturated heterocycles. The van der Waals surface area contributed by atoms with Gasteiger partial charge in [0.25, 0.3) is 0 Å². The van der Waals surface area contributed by atoms with Gasteiger partial charge in [-0.1, -0.05) is 53.2 Å². The van der Waals surface area contributed by atoms with E-state index in [4.69, 9.17) is 0 Å².